The maximum Gasteiger partial charge on any atom is 0.221 e. The van der Waals surface area contributed by atoms with Gasteiger partial charge >= 0.3 is 0 Å². The molecule has 1 N–H and O–H groups in total. The smallest absolute Gasteiger partial charge is 0.221 e. The van der Waals surface area contributed by atoms with E-state index in [2.05, 4.69) is 33.0 Å². The fourth-order valence-electron chi connectivity index (χ4n) is 2.11. The van der Waals surface area contributed by atoms with E-state index in [1.807, 2.05) is 10.9 Å². The topological polar surface area (TPSA) is 46.9 Å². The van der Waals surface area contributed by atoms with Crippen LogP contribution in [0.5, 0.6) is 0 Å². The van der Waals surface area contributed by atoms with Gasteiger partial charge in [0, 0.05) is 17.0 Å². The molecule has 5 heteroatoms. The highest BCUT2D eigenvalue weighted by molar-refractivity contribution is 14.1. The Hall–Kier alpha value is -0.590. The number of nitrogens with one attached hydrogen (secondary N) is 1. The Balaban J connectivity index is 1.99. The monoisotopic (exact) mass is 333 g/mol. The summed E-state index contributed by atoms with van der Waals surface area (Å²) in [5, 5.41) is 7.07. The molecule has 0 radical (unpaired) electrons. The van der Waals surface area contributed by atoms with E-state index in [1.165, 1.54) is 32.6 Å². The van der Waals surface area contributed by atoms with Gasteiger partial charge in [0.05, 0.1) is 17.9 Å². The molecule has 1 aliphatic carbocycles. The third-order valence-electron chi connectivity index (χ3n) is 2.92. The van der Waals surface area contributed by atoms with Gasteiger partial charge in [-0.05, 0) is 25.7 Å². The van der Waals surface area contributed by atoms with Crippen LogP contribution in [-0.4, -0.2) is 19.6 Å². The molecule has 0 aliphatic heterocycles. The highest BCUT2D eigenvalue weighted by Crippen LogP contribution is 2.32. The third-order valence-corrected chi connectivity index (χ3v) is 4.17. The molecule has 0 atom stereocenters. The summed E-state index contributed by atoms with van der Waals surface area (Å²) in [5.74, 6) is -0.0458. The Morgan fingerprint density at radius 2 is 2.19 bits per heavy atom. The number of amides is 1. The Bertz CT molecular complexity index is 369. The first-order chi connectivity index (χ1) is 7.65. The lowest BCUT2D eigenvalue weighted by molar-refractivity contribution is -0.114. The van der Waals surface area contributed by atoms with Crippen LogP contribution in [0.25, 0.3) is 0 Å². The van der Waals surface area contributed by atoms with Crippen LogP contribution >= 0.6 is 22.6 Å². The van der Waals surface area contributed by atoms with Crippen molar-refractivity contribution in [3.8, 4) is 0 Å². The number of anilines is 1. The first-order valence-electron chi connectivity index (χ1n) is 5.61. The quantitative estimate of drug-likeness (QED) is 0.668. The lowest BCUT2D eigenvalue weighted by Gasteiger charge is -2.25. The Morgan fingerprint density at radius 1 is 1.50 bits per heavy atom. The molecule has 1 amide bonds. The van der Waals surface area contributed by atoms with Gasteiger partial charge in [0.2, 0.25) is 5.91 Å². The summed E-state index contributed by atoms with van der Waals surface area (Å²) >= 11 is 2.52. The number of aromatic nitrogens is 2. The molecule has 0 bridgehead atoms. The summed E-state index contributed by atoms with van der Waals surface area (Å²) in [5.41, 5.74) is 0.795. The summed E-state index contributed by atoms with van der Waals surface area (Å²) < 4.78 is 2.81. The summed E-state index contributed by atoms with van der Waals surface area (Å²) in [4.78, 5) is 10.9. The number of carbonyl (C=O) groups excluding carboxylic acids is 1. The van der Waals surface area contributed by atoms with Crippen LogP contribution in [-0.2, 0) is 4.79 Å². The molecular formula is C11H16IN3O. The van der Waals surface area contributed by atoms with E-state index >= 15 is 0 Å². The van der Waals surface area contributed by atoms with Gasteiger partial charge in [0.25, 0.3) is 0 Å². The van der Waals surface area contributed by atoms with Crippen molar-refractivity contribution in [1.29, 1.82) is 0 Å². The minimum atomic E-state index is -0.0458. The summed E-state index contributed by atoms with van der Waals surface area (Å²) in [6, 6.07) is 0.508. The maximum atomic E-state index is 10.9. The van der Waals surface area contributed by atoms with Crippen LogP contribution in [0, 0.1) is 0 Å². The van der Waals surface area contributed by atoms with E-state index < -0.39 is 0 Å². The van der Waals surface area contributed by atoms with Crippen LogP contribution in [0.2, 0.25) is 0 Å². The van der Waals surface area contributed by atoms with Gasteiger partial charge in [0.1, 0.15) is 0 Å². The van der Waals surface area contributed by atoms with Crippen molar-refractivity contribution in [2.75, 3.05) is 5.32 Å². The minimum Gasteiger partial charge on any atom is -0.324 e. The largest absolute Gasteiger partial charge is 0.324 e. The zero-order valence-corrected chi connectivity index (χ0v) is 11.5. The lowest BCUT2D eigenvalue weighted by atomic mass is 9.96. The molecule has 2 rings (SSSR count). The summed E-state index contributed by atoms with van der Waals surface area (Å²) in [7, 11) is 0. The number of halogens is 1. The molecule has 0 aromatic carbocycles. The van der Waals surface area contributed by atoms with Gasteiger partial charge in [-0.15, -0.1) is 0 Å². The van der Waals surface area contributed by atoms with Crippen molar-refractivity contribution in [2.45, 2.75) is 42.6 Å². The fourth-order valence-corrected chi connectivity index (χ4v) is 2.82. The average molecular weight is 333 g/mol. The van der Waals surface area contributed by atoms with Crippen molar-refractivity contribution in [3.05, 3.63) is 12.4 Å². The van der Waals surface area contributed by atoms with Crippen LogP contribution in [0.3, 0.4) is 0 Å². The van der Waals surface area contributed by atoms with Gasteiger partial charge in [-0.3, -0.25) is 9.48 Å². The first kappa shape index (κ1) is 11.9. The molecule has 1 fully saturated rings. The summed E-state index contributed by atoms with van der Waals surface area (Å²) in [6.07, 6.45) is 8.56. The molecule has 0 saturated heterocycles. The van der Waals surface area contributed by atoms with Crippen LogP contribution < -0.4 is 5.32 Å². The van der Waals surface area contributed by atoms with E-state index in [0.29, 0.717) is 6.04 Å². The second kappa shape index (κ2) is 5.16. The normalized spacial score (nSPS) is 25.4. The van der Waals surface area contributed by atoms with Crippen molar-refractivity contribution < 1.29 is 4.79 Å². The number of alkyl halides is 1. The molecule has 1 heterocycles. The third kappa shape index (κ3) is 2.96. The van der Waals surface area contributed by atoms with Gasteiger partial charge < -0.3 is 5.32 Å². The van der Waals surface area contributed by atoms with E-state index in [1.54, 1.807) is 6.20 Å². The number of hydrogen-bond donors (Lipinski definition) is 1. The molecular weight excluding hydrogens is 317 g/mol. The Morgan fingerprint density at radius 3 is 2.81 bits per heavy atom. The molecule has 1 aromatic heterocycles. The molecule has 0 unspecified atom stereocenters. The van der Waals surface area contributed by atoms with Gasteiger partial charge in [-0.25, -0.2) is 0 Å². The van der Waals surface area contributed by atoms with Gasteiger partial charge in [-0.1, -0.05) is 22.6 Å². The second-order valence-corrected chi connectivity index (χ2v) is 6.06. The molecule has 88 valence electrons. The number of hydrogen-bond acceptors (Lipinski definition) is 2. The number of rotatable bonds is 2. The van der Waals surface area contributed by atoms with Gasteiger partial charge in [0.15, 0.2) is 0 Å². The van der Waals surface area contributed by atoms with Crippen LogP contribution in [0.4, 0.5) is 5.69 Å². The van der Waals surface area contributed by atoms with Gasteiger partial charge in [-0.2, -0.15) is 5.10 Å². The zero-order valence-electron chi connectivity index (χ0n) is 9.32. The van der Waals surface area contributed by atoms with E-state index in [-0.39, 0.29) is 5.91 Å². The van der Waals surface area contributed by atoms with Crippen LogP contribution in [0.1, 0.15) is 38.6 Å². The first-order valence-corrected chi connectivity index (χ1v) is 6.85. The standard InChI is InChI=1S/C11H16IN3O/c1-8(16)14-10-6-13-15(7-10)11-4-2-9(12)3-5-11/h6-7,9,11H,2-5H2,1H3,(H,14,16). The second-order valence-electron chi connectivity index (χ2n) is 4.30. The Labute approximate surface area is 109 Å². The average Bonchev–Trinajstić information content (AvgIpc) is 2.66. The van der Waals surface area contributed by atoms with Crippen LogP contribution in [0.15, 0.2) is 12.4 Å². The maximum absolute atomic E-state index is 10.9. The lowest BCUT2D eigenvalue weighted by Crippen LogP contribution is -2.18. The molecule has 1 aromatic rings. The molecule has 1 aliphatic rings. The zero-order chi connectivity index (χ0) is 11.5. The predicted molar refractivity (Wildman–Crippen MR) is 71.8 cm³/mol. The van der Waals surface area contributed by atoms with E-state index in [9.17, 15) is 4.79 Å². The van der Waals surface area contributed by atoms with Crippen molar-refractivity contribution in [3.63, 3.8) is 0 Å². The van der Waals surface area contributed by atoms with E-state index in [4.69, 9.17) is 0 Å². The SMILES string of the molecule is CC(=O)Nc1cnn(C2CCC(I)CC2)c1. The van der Waals surface area contributed by atoms with Crippen molar-refractivity contribution >= 4 is 34.2 Å². The fraction of sp³-hybridized carbons (Fsp3) is 0.636. The highest BCUT2D eigenvalue weighted by atomic mass is 127. The highest BCUT2D eigenvalue weighted by Gasteiger charge is 2.21. The number of carbonyl (C=O) groups is 1. The predicted octanol–water partition coefficient (Wildman–Crippen LogP) is 2.76. The molecule has 16 heavy (non-hydrogen) atoms. The van der Waals surface area contributed by atoms with E-state index in [0.717, 1.165) is 9.61 Å². The number of nitrogens with zero attached hydrogens (tertiary/aromatic N) is 2. The molecule has 1 saturated carbocycles. The van der Waals surface area contributed by atoms with Crippen molar-refractivity contribution in [2.24, 2.45) is 0 Å². The summed E-state index contributed by atoms with van der Waals surface area (Å²) in [6.45, 7) is 1.51. The van der Waals surface area contributed by atoms with Crippen molar-refractivity contribution in [1.82, 2.24) is 9.78 Å². The Kier molecular flexibility index (Phi) is 3.83. The molecule has 0 spiro atoms. The molecule has 4 nitrogen and oxygen atoms in total. The minimum absolute atomic E-state index is 0.0458.